The molecule has 4 rings (SSSR count). The third kappa shape index (κ3) is 3.03. The van der Waals surface area contributed by atoms with Crippen molar-refractivity contribution in [3.05, 3.63) is 36.3 Å². The maximum absolute atomic E-state index is 6.12. The Hall–Kier alpha value is -1.63. The summed E-state index contributed by atoms with van der Waals surface area (Å²) in [5, 5.41) is 3.47. The lowest BCUT2D eigenvalue weighted by Gasteiger charge is -2.32. The Bertz CT molecular complexity index is 732. The zero-order valence-corrected chi connectivity index (χ0v) is 15.4. The van der Waals surface area contributed by atoms with Gasteiger partial charge in [0.1, 0.15) is 5.82 Å². The van der Waals surface area contributed by atoms with Gasteiger partial charge in [0, 0.05) is 0 Å². The molecule has 1 aromatic carbocycles. The number of aromatic nitrogens is 2. The Morgan fingerprint density at radius 2 is 1.76 bits per heavy atom. The number of nitrogens with zero attached hydrogens (tertiary/aromatic N) is 1. The van der Waals surface area contributed by atoms with Crippen LogP contribution in [0.1, 0.15) is 52.4 Å². The Balaban J connectivity index is 1.51. The van der Waals surface area contributed by atoms with Crippen LogP contribution in [-0.2, 0) is 9.31 Å². The Kier molecular flexibility index (Phi) is 4.02. The molecule has 1 atom stereocenters. The highest BCUT2D eigenvalue weighted by Crippen LogP contribution is 2.36. The molecule has 1 unspecified atom stereocenters. The van der Waals surface area contributed by atoms with E-state index in [9.17, 15) is 0 Å². The van der Waals surface area contributed by atoms with E-state index in [1.54, 1.807) is 0 Å². The van der Waals surface area contributed by atoms with Crippen molar-refractivity contribution < 1.29 is 9.31 Å². The summed E-state index contributed by atoms with van der Waals surface area (Å²) in [6.07, 6.45) is 4.27. The third-order valence-corrected chi connectivity index (χ3v) is 5.73. The van der Waals surface area contributed by atoms with E-state index in [4.69, 9.17) is 9.31 Å². The van der Waals surface area contributed by atoms with Crippen molar-refractivity contribution in [3.63, 3.8) is 0 Å². The number of rotatable bonds is 3. The van der Waals surface area contributed by atoms with Crippen LogP contribution in [0.25, 0.3) is 11.3 Å². The minimum atomic E-state index is -0.320. The van der Waals surface area contributed by atoms with Crippen LogP contribution in [0.2, 0.25) is 0 Å². The van der Waals surface area contributed by atoms with Crippen molar-refractivity contribution in [1.82, 2.24) is 15.3 Å². The topological polar surface area (TPSA) is 59.2 Å². The van der Waals surface area contributed by atoms with Crippen molar-refractivity contribution >= 4 is 12.6 Å². The minimum Gasteiger partial charge on any atom is -0.399 e. The van der Waals surface area contributed by atoms with Crippen molar-refractivity contribution in [2.24, 2.45) is 0 Å². The first-order chi connectivity index (χ1) is 11.9. The van der Waals surface area contributed by atoms with Gasteiger partial charge in [-0.1, -0.05) is 24.3 Å². The molecule has 0 radical (unpaired) electrons. The van der Waals surface area contributed by atoms with Crippen LogP contribution < -0.4 is 10.8 Å². The molecule has 0 spiro atoms. The quantitative estimate of drug-likeness (QED) is 0.845. The number of aromatic amines is 1. The van der Waals surface area contributed by atoms with Crippen LogP contribution in [-0.4, -0.2) is 34.8 Å². The average molecular weight is 339 g/mol. The fourth-order valence-electron chi connectivity index (χ4n) is 3.38. The zero-order valence-electron chi connectivity index (χ0n) is 15.4. The maximum Gasteiger partial charge on any atom is 0.494 e. The maximum atomic E-state index is 6.12. The van der Waals surface area contributed by atoms with Crippen LogP contribution in [0.4, 0.5) is 0 Å². The molecular weight excluding hydrogens is 313 g/mol. The second-order valence-corrected chi connectivity index (χ2v) is 8.04. The summed E-state index contributed by atoms with van der Waals surface area (Å²) in [6, 6.07) is 8.70. The lowest BCUT2D eigenvalue weighted by atomic mass is 9.79. The summed E-state index contributed by atoms with van der Waals surface area (Å²) in [5.74, 6) is 1.03. The van der Waals surface area contributed by atoms with Gasteiger partial charge in [-0.15, -0.1) is 0 Å². The predicted molar refractivity (Wildman–Crippen MR) is 99.7 cm³/mol. The van der Waals surface area contributed by atoms with Gasteiger partial charge >= 0.3 is 7.12 Å². The first kappa shape index (κ1) is 16.8. The van der Waals surface area contributed by atoms with Gasteiger partial charge < -0.3 is 19.6 Å². The van der Waals surface area contributed by atoms with Gasteiger partial charge in [0.25, 0.3) is 0 Å². The normalized spacial score (nSPS) is 24.8. The molecule has 1 aromatic heterocycles. The number of benzene rings is 1. The molecule has 25 heavy (non-hydrogen) atoms. The van der Waals surface area contributed by atoms with E-state index >= 15 is 0 Å². The summed E-state index contributed by atoms with van der Waals surface area (Å²) >= 11 is 0. The highest BCUT2D eigenvalue weighted by Gasteiger charge is 2.51. The van der Waals surface area contributed by atoms with Crippen LogP contribution in [0, 0.1) is 0 Å². The SMILES string of the molecule is CC1(C)OB(c2ccc(-c3cnc(C4CCCN4)[nH]3)cc2)OC1(C)C. The summed E-state index contributed by atoms with van der Waals surface area (Å²) < 4.78 is 12.2. The van der Waals surface area contributed by atoms with E-state index in [0.29, 0.717) is 6.04 Å². The molecular formula is C19H26BN3O2. The van der Waals surface area contributed by atoms with E-state index in [2.05, 4.69) is 67.2 Å². The van der Waals surface area contributed by atoms with Crippen LogP contribution in [0.15, 0.2) is 30.5 Å². The average Bonchev–Trinajstić information content (AvgIpc) is 3.28. The summed E-state index contributed by atoms with van der Waals surface area (Å²) in [5.41, 5.74) is 2.58. The summed E-state index contributed by atoms with van der Waals surface area (Å²) in [6.45, 7) is 9.37. The number of hydrogen-bond donors (Lipinski definition) is 2. The largest absolute Gasteiger partial charge is 0.494 e. The second kappa shape index (κ2) is 5.97. The van der Waals surface area contributed by atoms with Crippen molar-refractivity contribution in [1.29, 1.82) is 0 Å². The van der Waals surface area contributed by atoms with Gasteiger partial charge in [0.2, 0.25) is 0 Å². The van der Waals surface area contributed by atoms with Crippen molar-refractivity contribution in [2.75, 3.05) is 6.54 Å². The van der Waals surface area contributed by atoms with Gasteiger partial charge in [-0.3, -0.25) is 0 Å². The van der Waals surface area contributed by atoms with E-state index in [1.807, 2.05) is 6.20 Å². The fourth-order valence-corrected chi connectivity index (χ4v) is 3.38. The first-order valence-electron chi connectivity index (χ1n) is 9.10. The minimum absolute atomic E-state index is 0.317. The van der Waals surface area contributed by atoms with Crippen molar-refractivity contribution in [3.8, 4) is 11.3 Å². The molecule has 0 amide bonds. The standard InChI is InChI=1S/C19H26BN3O2/c1-18(2)19(3,4)25-20(24-18)14-9-7-13(8-10-14)16-12-22-17(23-16)15-6-5-11-21-15/h7-10,12,15,21H,5-6,11H2,1-4H3,(H,22,23). The van der Waals surface area contributed by atoms with Gasteiger partial charge in [0.15, 0.2) is 0 Å². The predicted octanol–water partition coefficient (Wildman–Crippen LogP) is 2.80. The molecule has 0 saturated carbocycles. The molecule has 5 nitrogen and oxygen atoms in total. The number of H-pyrrole nitrogens is 1. The van der Waals surface area contributed by atoms with Crippen molar-refractivity contribution in [2.45, 2.75) is 57.8 Å². The van der Waals surface area contributed by atoms with Crippen LogP contribution in [0.5, 0.6) is 0 Å². The van der Waals surface area contributed by atoms with E-state index < -0.39 is 0 Å². The second-order valence-electron chi connectivity index (χ2n) is 8.04. The van der Waals surface area contributed by atoms with E-state index in [0.717, 1.165) is 35.5 Å². The summed E-state index contributed by atoms with van der Waals surface area (Å²) in [4.78, 5) is 8.00. The van der Waals surface area contributed by atoms with Gasteiger partial charge in [-0.25, -0.2) is 4.98 Å². The Morgan fingerprint density at radius 1 is 1.08 bits per heavy atom. The number of nitrogens with one attached hydrogen (secondary N) is 2. The lowest BCUT2D eigenvalue weighted by Crippen LogP contribution is -2.41. The molecule has 132 valence electrons. The number of hydrogen-bond acceptors (Lipinski definition) is 4. The Labute approximate surface area is 149 Å². The highest BCUT2D eigenvalue weighted by molar-refractivity contribution is 6.62. The van der Waals surface area contributed by atoms with Gasteiger partial charge in [-0.2, -0.15) is 0 Å². The van der Waals surface area contributed by atoms with Gasteiger partial charge in [0.05, 0.1) is 29.1 Å². The lowest BCUT2D eigenvalue weighted by molar-refractivity contribution is 0.00578. The van der Waals surface area contributed by atoms with E-state index in [-0.39, 0.29) is 18.3 Å². The highest BCUT2D eigenvalue weighted by atomic mass is 16.7. The summed E-state index contributed by atoms with van der Waals surface area (Å²) in [7, 11) is -0.320. The monoisotopic (exact) mass is 339 g/mol. The Morgan fingerprint density at radius 3 is 2.36 bits per heavy atom. The molecule has 2 aliphatic heterocycles. The molecule has 2 N–H and O–H groups in total. The number of imidazole rings is 1. The van der Waals surface area contributed by atoms with E-state index in [1.165, 1.54) is 6.42 Å². The van der Waals surface area contributed by atoms with Crippen LogP contribution >= 0.6 is 0 Å². The fraction of sp³-hybridized carbons (Fsp3) is 0.526. The molecule has 6 heteroatoms. The smallest absolute Gasteiger partial charge is 0.399 e. The molecule has 2 aliphatic rings. The molecule has 3 heterocycles. The molecule has 2 fully saturated rings. The van der Waals surface area contributed by atoms with Gasteiger partial charge in [-0.05, 0) is 58.1 Å². The molecule has 2 saturated heterocycles. The molecule has 2 aromatic rings. The first-order valence-corrected chi connectivity index (χ1v) is 9.10. The zero-order chi connectivity index (χ0) is 17.7. The molecule has 0 aliphatic carbocycles. The molecule has 0 bridgehead atoms. The van der Waals surface area contributed by atoms with Crippen LogP contribution in [0.3, 0.4) is 0 Å². The third-order valence-electron chi connectivity index (χ3n) is 5.73.